The average Bonchev–Trinajstić information content (AvgIpc) is 2.50. The summed E-state index contributed by atoms with van der Waals surface area (Å²) in [5, 5.41) is 8.70. The molecule has 1 N–H and O–H groups in total. The first kappa shape index (κ1) is 23.5. The number of rotatable bonds is 17. The summed E-state index contributed by atoms with van der Waals surface area (Å²) in [4.78, 5) is 10.6. The van der Waals surface area contributed by atoms with Crippen molar-refractivity contribution in [3.8, 4) is 0 Å². The third-order valence-corrected chi connectivity index (χ3v) is 5.26. The molecule has 0 aromatic rings. The van der Waals surface area contributed by atoms with Gasteiger partial charge in [0.2, 0.25) is 0 Å². The molecule has 0 aliphatic carbocycles. The van der Waals surface area contributed by atoms with Crippen LogP contribution in [-0.4, -0.2) is 11.1 Å². The SMILES string of the molecule is CC(C)CCCCCCCCCCC(CCCCC(=O)O)C(C)C. The molecule has 0 aromatic carbocycles. The molecular formula is C22H44O2. The van der Waals surface area contributed by atoms with Crippen molar-refractivity contribution in [3.63, 3.8) is 0 Å². The van der Waals surface area contributed by atoms with Crippen molar-refractivity contribution >= 4 is 5.97 Å². The van der Waals surface area contributed by atoms with Gasteiger partial charge in [0.25, 0.3) is 0 Å². The van der Waals surface area contributed by atoms with Gasteiger partial charge in [0.05, 0.1) is 0 Å². The van der Waals surface area contributed by atoms with Crippen LogP contribution in [0.1, 0.15) is 118 Å². The van der Waals surface area contributed by atoms with Crippen LogP contribution in [0.4, 0.5) is 0 Å². The van der Waals surface area contributed by atoms with E-state index in [0.717, 1.165) is 30.6 Å². The van der Waals surface area contributed by atoms with Crippen LogP contribution in [-0.2, 0) is 4.79 Å². The molecule has 1 atom stereocenters. The molecule has 0 heterocycles. The molecule has 0 spiro atoms. The van der Waals surface area contributed by atoms with Crippen LogP contribution in [0.3, 0.4) is 0 Å². The van der Waals surface area contributed by atoms with E-state index in [4.69, 9.17) is 5.11 Å². The molecule has 0 aliphatic heterocycles. The summed E-state index contributed by atoms with van der Waals surface area (Å²) in [6, 6.07) is 0. The third-order valence-electron chi connectivity index (χ3n) is 5.26. The van der Waals surface area contributed by atoms with Crippen molar-refractivity contribution in [2.24, 2.45) is 17.8 Å². The van der Waals surface area contributed by atoms with E-state index in [2.05, 4.69) is 27.7 Å². The molecule has 0 amide bonds. The Kier molecular flexibility index (Phi) is 15.6. The molecular weight excluding hydrogens is 296 g/mol. The molecule has 0 rings (SSSR count). The minimum absolute atomic E-state index is 0.335. The Hall–Kier alpha value is -0.530. The van der Waals surface area contributed by atoms with E-state index >= 15 is 0 Å². The topological polar surface area (TPSA) is 37.3 Å². The van der Waals surface area contributed by atoms with E-state index in [9.17, 15) is 4.79 Å². The van der Waals surface area contributed by atoms with Gasteiger partial charge < -0.3 is 5.11 Å². The highest BCUT2D eigenvalue weighted by Crippen LogP contribution is 2.25. The Morgan fingerprint density at radius 2 is 1.08 bits per heavy atom. The largest absolute Gasteiger partial charge is 0.481 e. The Balaban J connectivity index is 3.48. The molecule has 24 heavy (non-hydrogen) atoms. The fourth-order valence-corrected chi connectivity index (χ4v) is 3.51. The molecule has 2 nitrogen and oxygen atoms in total. The van der Waals surface area contributed by atoms with Gasteiger partial charge in [0.1, 0.15) is 0 Å². The van der Waals surface area contributed by atoms with Crippen LogP contribution < -0.4 is 0 Å². The predicted molar refractivity (Wildman–Crippen MR) is 105 cm³/mol. The lowest BCUT2D eigenvalue weighted by Crippen LogP contribution is -2.09. The van der Waals surface area contributed by atoms with Gasteiger partial charge in [0, 0.05) is 6.42 Å². The van der Waals surface area contributed by atoms with Crippen molar-refractivity contribution in [1.82, 2.24) is 0 Å². The number of hydrogen-bond donors (Lipinski definition) is 1. The van der Waals surface area contributed by atoms with E-state index in [1.54, 1.807) is 0 Å². The number of unbranched alkanes of at least 4 members (excludes halogenated alkanes) is 8. The summed E-state index contributed by atoms with van der Waals surface area (Å²) in [5.41, 5.74) is 0. The van der Waals surface area contributed by atoms with Crippen molar-refractivity contribution in [2.75, 3.05) is 0 Å². The zero-order valence-corrected chi connectivity index (χ0v) is 17.0. The Labute approximate surface area is 151 Å². The van der Waals surface area contributed by atoms with Gasteiger partial charge in [-0.25, -0.2) is 0 Å². The quantitative estimate of drug-likeness (QED) is 0.279. The first-order valence-electron chi connectivity index (χ1n) is 10.6. The van der Waals surface area contributed by atoms with Crippen LogP contribution >= 0.6 is 0 Å². The van der Waals surface area contributed by atoms with Crippen molar-refractivity contribution in [1.29, 1.82) is 0 Å². The number of carboxylic acids is 1. The van der Waals surface area contributed by atoms with E-state index in [-0.39, 0.29) is 0 Å². The molecule has 1 unspecified atom stereocenters. The number of hydrogen-bond acceptors (Lipinski definition) is 1. The fraction of sp³-hybridized carbons (Fsp3) is 0.955. The lowest BCUT2D eigenvalue weighted by Gasteiger charge is -2.20. The summed E-state index contributed by atoms with van der Waals surface area (Å²) < 4.78 is 0. The average molecular weight is 341 g/mol. The second-order valence-electron chi connectivity index (χ2n) is 8.44. The zero-order chi connectivity index (χ0) is 18.2. The maximum Gasteiger partial charge on any atom is 0.303 e. The standard InChI is InChI=1S/C22H44O2/c1-19(2)15-11-9-7-5-6-8-10-12-16-21(20(3)4)17-13-14-18-22(23)24/h19-21H,5-18H2,1-4H3,(H,23,24). The predicted octanol–water partition coefficient (Wildman–Crippen LogP) is 7.46. The molecule has 0 saturated heterocycles. The number of aliphatic carboxylic acids is 1. The normalized spacial score (nSPS) is 12.9. The van der Waals surface area contributed by atoms with Crippen LogP contribution in [0, 0.1) is 17.8 Å². The Bertz CT molecular complexity index is 284. The van der Waals surface area contributed by atoms with Gasteiger partial charge in [-0.15, -0.1) is 0 Å². The van der Waals surface area contributed by atoms with E-state index in [0.29, 0.717) is 6.42 Å². The van der Waals surface area contributed by atoms with Gasteiger partial charge in [0.15, 0.2) is 0 Å². The van der Waals surface area contributed by atoms with E-state index in [1.165, 1.54) is 70.6 Å². The molecule has 0 saturated carbocycles. The molecule has 0 fully saturated rings. The summed E-state index contributed by atoms with van der Waals surface area (Å²) in [7, 11) is 0. The Morgan fingerprint density at radius 1 is 0.667 bits per heavy atom. The van der Waals surface area contributed by atoms with Crippen LogP contribution in [0.15, 0.2) is 0 Å². The van der Waals surface area contributed by atoms with Gasteiger partial charge >= 0.3 is 5.97 Å². The zero-order valence-electron chi connectivity index (χ0n) is 17.0. The number of carboxylic acid groups (broad SMARTS) is 1. The second-order valence-corrected chi connectivity index (χ2v) is 8.44. The smallest absolute Gasteiger partial charge is 0.303 e. The van der Waals surface area contributed by atoms with Gasteiger partial charge in [-0.2, -0.15) is 0 Å². The highest BCUT2D eigenvalue weighted by Gasteiger charge is 2.12. The minimum Gasteiger partial charge on any atom is -0.481 e. The second kappa shape index (κ2) is 16.0. The molecule has 0 bridgehead atoms. The lowest BCUT2D eigenvalue weighted by molar-refractivity contribution is -0.137. The van der Waals surface area contributed by atoms with Crippen LogP contribution in [0.25, 0.3) is 0 Å². The lowest BCUT2D eigenvalue weighted by atomic mass is 9.86. The molecule has 0 aliphatic rings. The van der Waals surface area contributed by atoms with Gasteiger partial charge in [-0.1, -0.05) is 105 Å². The van der Waals surface area contributed by atoms with Gasteiger partial charge in [-0.05, 0) is 24.2 Å². The van der Waals surface area contributed by atoms with Crippen LogP contribution in [0.2, 0.25) is 0 Å². The summed E-state index contributed by atoms with van der Waals surface area (Å²) in [6.07, 6.45) is 17.4. The first-order chi connectivity index (χ1) is 11.4. The van der Waals surface area contributed by atoms with Crippen molar-refractivity contribution in [3.05, 3.63) is 0 Å². The van der Waals surface area contributed by atoms with Gasteiger partial charge in [-0.3, -0.25) is 4.79 Å². The molecule has 0 aromatic heterocycles. The summed E-state index contributed by atoms with van der Waals surface area (Å²) >= 11 is 0. The fourth-order valence-electron chi connectivity index (χ4n) is 3.51. The molecule has 144 valence electrons. The van der Waals surface area contributed by atoms with Crippen molar-refractivity contribution < 1.29 is 9.90 Å². The first-order valence-corrected chi connectivity index (χ1v) is 10.6. The Morgan fingerprint density at radius 3 is 1.50 bits per heavy atom. The van der Waals surface area contributed by atoms with Crippen LogP contribution in [0.5, 0.6) is 0 Å². The molecule has 0 radical (unpaired) electrons. The summed E-state index contributed by atoms with van der Waals surface area (Å²) in [6.45, 7) is 9.27. The summed E-state index contributed by atoms with van der Waals surface area (Å²) in [5.74, 6) is 1.73. The third kappa shape index (κ3) is 16.3. The van der Waals surface area contributed by atoms with E-state index in [1.807, 2.05) is 0 Å². The number of carbonyl (C=O) groups is 1. The molecule has 2 heteroatoms. The maximum absolute atomic E-state index is 10.6. The van der Waals surface area contributed by atoms with E-state index < -0.39 is 5.97 Å². The minimum atomic E-state index is -0.652. The monoisotopic (exact) mass is 340 g/mol. The highest BCUT2D eigenvalue weighted by molar-refractivity contribution is 5.66. The maximum atomic E-state index is 10.6. The highest BCUT2D eigenvalue weighted by atomic mass is 16.4. The van der Waals surface area contributed by atoms with Crippen molar-refractivity contribution in [2.45, 2.75) is 118 Å².